The molecule has 0 N–H and O–H groups in total. The molecule has 26 heavy (non-hydrogen) atoms. The standard InChI is InChI=1S/C18H19N5O2S/c1-4-22(5-2)13-6-8-16(12(3)10-13)19-20-18-15-11-14(23(24)25)7-9-17(15)21-26-18/h6-11H,4-5H2,1-3H3. The van der Waals surface area contributed by atoms with Gasteiger partial charge in [0, 0.05) is 36.3 Å². The maximum Gasteiger partial charge on any atom is 0.270 e. The molecule has 0 unspecified atom stereocenters. The quantitative estimate of drug-likeness (QED) is 0.313. The first-order valence-electron chi connectivity index (χ1n) is 8.34. The zero-order valence-corrected chi connectivity index (χ0v) is 15.7. The van der Waals surface area contributed by atoms with Gasteiger partial charge in [0.15, 0.2) is 5.00 Å². The minimum Gasteiger partial charge on any atom is -0.372 e. The first kappa shape index (κ1) is 17.9. The van der Waals surface area contributed by atoms with Crippen molar-refractivity contribution in [2.24, 2.45) is 10.2 Å². The monoisotopic (exact) mass is 369 g/mol. The Morgan fingerprint density at radius 2 is 1.92 bits per heavy atom. The minimum atomic E-state index is -0.423. The third-order valence-corrected chi connectivity index (χ3v) is 4.97. The predicted octanol–water partition coefficient (Wildman–Crippen LogP) is 5.77. The molecule has 0 radical (unpaired) electrons. The van der Waals surface area contributed by atoms with Crippen LogP contribution in [-0.4, -0.2) is 22.4 Å². The number of benzene rings is 2. The molecule has 7 nitrogen and oxygen atoms in total. The fourth-order valence-corrected chi connectivity index (χ4v) is 3.42. The maximum atomic E-state index is 11.0. The van der Waals surface area contributed by atoms with Gasteiger partial charge in [-0.2, -0.15) is 4.37 Å². The molecule has 0 amide bonds. The second-order valence-electron chi connectivity index (χ2n) is 5.79. The Kier molecular flexibility index (Phi) is 5.22. The Morgan fingerprint density at radius 1 is 1.15 bits per heavy atom. The van der Waals surface area contributed by atoms with Crippen LogP contribution in [-0.2, 0) is 0 Å². The number of nitrogens with zero attached hydrogens (tertiary/aromatic N) is 5. The van der Waals surface area contributed by atoms with Crippen LogP contribution in [0, 0.1) is 17.0 Å². The lowest BCUT2D eigenvalue weighted by Gasteiger charge is -2.21. The van der Waals surface area contributed by atoms with E-state index in [-0.39, 0.29) is 5.69 Å². The average Bonchev–Trinajstić information content (AvgIpc) is 3.04. The van der Waals surface area contributed by atoms with E-state index < -0.39 is 4.92 Å². The molecule has 0 saturated carbocycles. The molecule has 1 heterocycles. The van der Waals surface area contributed by atoms with E-state index in [4.69, 9.17) is 0 Å². The Bertz CT molecular complexity index is 979. The van der Waals surface area contributed by atoms with E-state index in [1.54, 1.807) is 6.07 Å². The zero-order chi connectivity index (χ0) is 18.7. The normalized spacial score (nSPS) is 11.3. The van der Waals surface area contributed by atoms with Crippen LogP contribution in [0.4, 0.5) is 22.1 Å². The second kappa shape index (κ2) is 7.57. The fraction of sp³-hybridized carbons (Fsp3) is 0.278. The summed E-state index contributed by atoms with van der Waals surface area (Å²) in [4.78, 5) is 12.8. The highest BCUT2D eigenvalue weighted by Crippen LogP contribution is 2.35. The Morgan fingerprint density at radius 3 is 2.58 bits per heavy atom. The van der Waals surface area contributed by atoms with E-state index >= 15 is 0 Å². The van der Waals surface area contributed by atoms with Gasteiger partial charge in [0.05, 0.1) is 16.1 Å². The molecule has 3 aromatic rings. The van der Waals surface area contributed by atoms with Crippen LogP contribution in [0.25, 0.3) is 10.9 Å². The van der Waals surface area contributed by atoms with Crippen molar-refractivity contribution < 1.29 is 4.92 Å². The maximum absolute atomic E-state index is 11.0. The summed E-state index contributed by atoms with van der Waals surface area (Å²) >= 11 is 1.18. The molecule has 8 heteroatoms. The number of nitro benzene ring substituents is 1. The van der Waals surface area contributed by atoms with E-state index in [1.165, 1.54) is 23.7 Å². The number of hydrogen-bond acceptors (Lipinski definition) is 7. The minimum absolute atomic E-state index is 0.0221. The molecule has 0 fully saturated rings. The summed E-state index contributed by atoms with van der Waals surface area (Å²) in [6.07, 6.45) is 0. The summed E-state index contributed by atoms with van der Waals surface area (Å²) in [6, 6.07) is 10.6. The highest BCUT2D eigenvalue weighted by atomic mass is 32.1. The van der Waals surface area contributed by atoms with Gasteiger partial charge in [-0.05, 0) is 62.1 Å². The highest BCUT2D eigenvalue weighted by Gasteiger charge is 2.12. The van der Waals surface area contributed by atoms with Crippen LogP contribution in [0.3, 0.4) is 0 Å². The number of aromatic nitrogens is 1. The Hall–Kier alpha value is -2.87. The zero-order valence-electron chi connectivity index (χ0n) is 14.8. The van der Waals surface area contributed by atoms with Crippen molar-refractivity contribution in [2.75, 3.05) is 18.0 Å². The van der Waals surface area contributed by atoms with Crippen LogP contribution in [0.2, 0.25) is 0 Å². The van der Waals surface area contributed by atoms with Crippen LogP contribution in [0.1, 0.15) is 19.4 Å². The lowest BCUT2D eigenvalue weighted by Crippen LogP contribution is -2.21. The van der Waals surface area contributed by atoms with Crippen LogP contribution < -0.4 is 4.90 Å². The Balaban J connectivity index is 1.91. The lowest BCUT2D eigenvalue weighted by molar-refractivity contribution is -0.384. The SMILES string of the molecule is CCN(CC)c1ccc(N=Nc2snc3ccc([N+](=O)[O-])cc23)c(C)c1. The van der Waals surface area contributed by atoms with Crippen molar-refractivity contribution in [3.05, 3.63) is 52.1 Å². The molecule has 0 atom stereocenters. The molecular formula is C18H19N5O2S. The van der Waals surface area contributed by atoms with E-state index in [0.29, 0.717) is 15.9 Å². The molecule has 1 aromatic heterocycles. The molecule has 0 aliphatic heterocycles. The van der Waals surface area contributed by atoms with Gasteiger partial charge in [-0.25, -0.2) is 0 Å². The lowest BCUT2D eigenvalue weighted by atomic mass is 10.1. The van der Waals surface area contributed by atoms with Gasteiger partial charge in [0.2, 0.25) is 0 Å². The van der Waals surface area contributed by atoms with Crippen LogP contribution in [0.5, 0.6) is 0 Å². The van der Waals surface area contributed by atoms with Crippen molar-refractivity contribution in [1.29, 1.82) is 0 Å². The molecule has 0 aliphatic rings. The molecule has 3 rings (SSSR count). The summed E-state index contributed by atoms with van der Waals surface area (Å²) in [5.74, 6) is 0. The summed E-state index contributed by atoms with van der Waals surface area (Å²) in [7, 11) is 0. The van der Waals surface area contributed by atoms with Crippen molar-refractivity contribution in [3.63, 3.8) is 0 Å². The van der Waals surface area contributed by atoms with Crippen molar-refractivity contribution >= 4 is 44.5 Å². The number of aryl methyl sites for hydroxylation is 1. The molecule has 0 saturated heterocycles. The molecule has 2 aromatic carbocycles. The van der Waals surface area contributed by atoms with E-state index in [0.717, 1.165) is 30.0 Å². The number of azo groups is 1. The molecular weight excluding hydrogens is 350 g/mol. The van der Waals surface area contributed by atoms with Gasteiger partial charge in [-0.15, -0.1) is 10.2 Å². The highest BCUT2D eigenvalue weighted by molar-refractivity contribution is 7.11. The molecule has 0 aliphatic carbocycles. The van der Waals surface area contributed by atoms with Crippen LogP contribution in [0.15, 0.2) is 46.6 Å². The number of anilines is 1. The van der Waals surface area contributed by atoms with E-state index in [2.05, 4.69) is 39.4 Å². The van der Waals surface area contributed by atoms with Gasteiger partial charge in [0.1, 0.15) is 0 Å². The van der Waals surface area contributed by atoms with Crippen molar-refractivity contribution in [1.82, 2.24) is 4.37 Å². The van der Waals surface area contributed by atoms with Crippen LogP contribution >= 0.6 is 11.5 Å². The third kappa shape index (κ3) is 3.55. The molecule has 134 valence electrons. The first-order chi connectivity index (χ1) is 12.5. The topological polar surface area (TPSA) is 84.0 Å². The van der Waals surface area contributed by atoms with Gasteiger partial charge < -0.3 is 4.90 Å². The fourth-order valence-electron chi connectivity index (χ4n) is 2.74. The average molecular weight is 369 g/mol. The smallest absolute Gasteiger partial charge is 0.270 e. The van der Waals surface area contributed by atoms with Crippen molar-refractivity contribution in [2.45, 2.75) is 20.8 Å². The third-order valence-electron chi connectivity index (χ3n) is 4.21. The number of hydrogen-bond donors (Lipinski definition) is 0. The Labute approximate surface area is 155 Å². The molecule has 0 spiro atoms. The first-order valence-corrected chi connectivity index (χ1v) is 9.12. The summed E-state index contributed by atoms with van der Waals surface area (Å²) in [6.45, 7) is 8.14. The van der Waals surface area contributed by atoms with Crippen molar-refractivity contribution in [3.8, 4) is 0 Å². The van der Waals surface area contributed by atoms with Gasteiger partial charge in [-0.3, -0.25) is 10.1 Å². The van der Waals surface area contributed by atoms with Gasteiger partial charge in [-0.1, -0.05) is 0 Å². The number of fused-ring (bicyclic) bond motifs is 1. The second-order valence-corrected chi connectivity index (χ2v) is 6.54. The summed E-state index contributed by atoms with van der Waals surface area (Å²) in [5, 5.41) is 20.8. The number of non-ortho nitro benzene ring substituents is 1. The van der Waals surface area contributed by atoms with E-state index in [1.807, 2.05) is 19.1 Å². The summed E-state index contributed by atoms with van der Waals surface area (Å²) in [5.41, 5.74) is 3.66. The number of nitro groups is 1. The largest absolute Gasteiger partial charge is 0.372 e. The van der Waals surface area contributed by atoms with Gasteiger partial charge >= 0.3 is 0 Å². The number of rotatable bonds is 6. The summed E-state index contributed by atoms with van der Waals surface area (Å²) < 4.78 is 4.27. The predicted molar refractivity (Wildman–Crippen MR) is 105 cm³/mol. The van der Waals surface area contributed by atoms with Gasteiger partial charge in [0.25, 0.3) is 5.69 Å². The van der Waals surface area contributed by atoms with E-state index in [9.17, 15) is 10.1 Å². The molecule has 0 bridgehead atoms.